The monoisotopic (exact) mass is 487 g/mol. The molecule has 174 valence electrons. The number of fused-ring (bicyclic) bond motifs is 1. The maximum absolute atomic E-state index is 14.2. The second-order valence-electron chi connectivity index (χ2n) is 7.37. The molecule has 0 bridgehead atoms. The van der Waals surface area contributed by atoms with Crippen LogP contribution in [0.15, 0.2) is 76.7 Å². The van der Waals surface area contributed by atoms with E-state index in [1.807, 2.05) is 0 Å². The van der Waals surface area contributed by atoms with E-state index in [2.05, 4.69) is 10.3 Å². The van der Waals surface area contributed by atoms with Crippen molar-refractivity contribution in [3.63, 3.8) is 0 Å². The molecule has 0 aliphatic rings. The number of rotatable bonds is 5. The Balaban J connectivity index is 1.68. The van der Waals surface area contributed by atoms with E-state index in [0.29, 0.717) is 16.5 Å². The van der Waals surface area contributed by atoms with E-state index in [9.17, 15) is 27.2 Å². The van der Waals surface area contributed by atoms with Gasteiger partial charge in [-0.05, 0) is 48.9 Å². The predicted molar refractivity (Wildman–Crippen MR) is 123 cm³/mol. The van der Waals surface area contributed by atoms with Gasteiger partial charge in [-0.2, -0.15) is 13.2 Å². The van der Waals surface area contributed by atoms with E-state index in [4.69, 9.17) is 0 Å². The van der Waals surface area contributed by atoms with Crippen LogP contribution in [0.1, 0.15) is 11.1 Å². The number of amides is 1. The fourth-order valence-corrected chi connectivity index (χ4v) is 4.13. The molecular formula is C24H17F4N3O2S. The van der Waals surface area contributed by atoms with Gasteiger partial charge in [-0.25, -0.2) is 9.37 Å². The third-order valence-corrected chi connectivity index (χ3v) is 5.94. The minimum Gasteiger partial charge on any atom is -0.325 e. The summed E-state index contributed by atoms with van der Waals surface area (Å²) in [5.74, 6) is -1.56. The molecule has 4 rings (SSSR count). The summed E-state index contributed by atoms with van der Waals surface area (Å²) >= 11 is 0.858. The Labute approximate surface area is 195 Å². The highest BCUT2D eigenvalue weighted by Crippen LogP contribution is 2.34. The first kappa shape index (κ1) is 23.5. The number of hydrogen-bond acceptors (Lipinski definition) is 4. The van der Waals surface area contributed by atoms with Crippen molar-refractivity contribution in [1.82, 2.24) is 9.55 Å². The second kappa shape index (κ2) is 9.30. The van der Waals surface area contributed by atoms with Crippen LogP contribution in [0.2, 0.25) is 0 Å². The van der Waals surface area contributed by atoms with Crippen molar-refractivity contribution in [2.24, 2.45) is 0 Å². The van der Waals surface area contributed by atoms with Gasteiger partial charge in [0.1, 0.15) is 5.82 Å². The zero-order valence-corrected chi connectivity index (χ0v) is 18.5. The second-order valence-corrected chi connectivity index (χ2v) is 8.31. The molecule has 0 unspecified atom stereocenters. The Morgan fingerprint density at radius 2 is 1.76 bits per heavy atom. The number of nitrogens with one attached hydrogen (secondary N) is 1. The first-order valence-electron chi connectivity index (χ1n) is 10.0. The molecule has 0 radical (unpaired) electrons. The molecule has 0 fully saturated rings. The number of carbonyl (C=O) groups excluding carboxylic acids is 1. The van der Waals surface area contributed by atoms with Crippen LogP contribution in [0.3, 0.4) is 0 Å². The van der Waals surface area contributed by atoms with Crippen LogP contribution in [0.5, 0.6) is 0 Å². The summed E-state index contributed by atoms with van der Waals surface area (Å²) in [5.41, 5.74) is -0.811. The molecule has 0 spiro atoms. The van der Waals surface area contributed by atoms with Crippen molar-refractivity contribution in [2.45, 2.75) is 18.3 Å². The quantitative estimate of drug-likeness (QED) is 0.227. The number of nitrogens with zero attached hydrogens (tertiary/aromatic N) is 2. The number of thioether (sulfide) groups is 1. The summed E-state index contributed by atoms with van der Waals surface area (Å²) in [6.07, 6.45) is -4.63. The van der Waals surface area contributed by atoms with E-state index in [0.717, 1.165) is 23.9 Å². The smallest absolute Gasteiger partial charge is 0.325 e. The third-order valence-electron chi connectivity index (χ3n) is 5.00. The summed E-state index contributed by atoms with van der Waals surface area (Å²) in [7, 11) is 0. The average molecular weight is 487 g/mol. The van der Waals surface area contributed by atoms with Crippen LogP contribution in [0.4, 0.5) is 23.2 Å². The van der Waals surface area contributed by atoms with Gasteiger partial charge in [0.2, 0.25) is 5.91 Å². The number of aromatic nitrogens is 2. The van der Waals surface area contributed by atoms with E-state index in [1.54, 1.807) is 37.3 Å². The predicted octanol–water partition coefficient (Wildman–Crippen LogP) is 5.58. The van der Waals surface area contributed by atoms with Gasteiger partial charge in [0.15, 0.2) is 5.16 Å². The van der Waals surface area contributed by atoms with Crippen molar-refractivity contribution in [1.29, 1.82) is 0 Å². The lowest BCUT2D eigenvalue weighted by Crippen LogP contribution is -2.23. The molecule has 4 aromatic rings. The largest absolute Gasteiger partial charge is 0.418 e. The van der Waals surface area contributed by atoms with Crippen molar-refractivity contribution in [2.75, 3.05) is 11.1 Å². The minimum atomic E-state index is -4.63. The Morgan fingerprint density at radius 3 is 2.50 bits per heavy atom. The standard InChI is InChI=1S/C24H17F4N3O2S/c1-14-10-11-15(12-18(14)25)31-22(33)16-6-2-4-8-19(16)30-23(31)34-13-21(32)29-20-9-5-3-7-17(20)24(26,27)28/h2-12H,13H2,1H3,(H,29,32). The van der Waals surface area contributed by atoms with Gasteiger partial charge in [0, 0.05) is 0 Å². The molecule has 0 atom stereocenters. The highest BCUT2D eigenvalue weighted by atomic mass is 32.2. The van der Waals surface area contributed by atoms with E-state index in [1.165, 1.54) is 28.8 Å². The molecule has 1 N–H and O–H groups in total. The number of benzene rings is 3. The molecular weight excluding hydrogens is 470 g/mol. The SMILES string of the molecule is Cc1ccc(-n2c(SCC(=O)Nc3ccccc3C(F)(F)F)nc3ccccc3c2=O)cc1F. The average Bonchev–Trinajstić information content (AvgIpc) is 2.79. The van der Waals surface area contributed by atoms with Gasteiger partial charge in [0.25, 0.3) is 5.56 Å². The normalized spacial score (nSPS) is 11.6. The molecule has 34 heavy (non-hydrogen) atoms. The molecule has 0 aliphatic heterocycles. The highest BCUT2D eigenvalue weighted by molar-refractivity contribution is 7.99. The highest BCUT2D eigenvalue weighted by Gasteiger charge is 2.33. The molecule has 3 aromatic carbocycles. The summed E-state index contributed by atoms with van der Waals surface area (Å²) in [6, 6.07) is 15.5. The summed E-state index contributed by atoms with van der Waals surface area (Å²) in [5, 5.41) is 2.67. The van der Waals surface area contributed by atoms with Gasteiger partial charge in [-0.15, -0.1) is 0 Å². The van der Waals surface area contributed by atoms with Gasteiger partial charge >= 0.3 is 6.18 Å². The van der Waals surface area contributed by atoms with Crippen LogP contribution in [0.25, 0.3) is 16.6 Å². The number of alkyl halides is 3. The zero-order valence-electron chi connectivity index (χ0n) is 17.7. The topological polar surface area (TPSA) is 64.0 Å². The molecule has 0 aliphatic carbocycles. The Hall–Kier alpha value is -3.66. The summed E-state index contributed by atoms with van der Waals surface area (Å²) in [4.78, 5) is 30.1. The Kier molecular flexibility index (Phi) is 6.43. The molecule has 1 aromatic heterocycles. The fourth-order valence-electron chi connectivity index (χ4n) is 3.31. The summed E-state index contributed by atoms with van der Waals surface area (Å²) in [6.45, 7) is 1.58. The van der Waals surface area contributed by atoms with Gasteiger partial charge in [0.05, 0.1) is 33.6 Å². The number of anilines is 1. The number of hydrogen-bond donors (Lipinski definition) is 1. The molecule has 5 nitrogen and oxygen atoms in total. The van der Waals surface area contributed by atoms with Gasteiger partial charge in [-0.3, -0.25) is 14.2 Å². The molecule has 10 heteroatoms. The number of carbonyl (C=O) groups is 1. The first-order chi connectivity index (χ1) is 16.1. The molecule has 0 saturated heterocycles. The van der Waals surface area contributed by atoms with Crippen LogP contribution >= 0.6 is 11.8 Å². The van der Waals surface area contributed by atoms with Crippen LogP contribution in [-0.4, -0.2) is 21.2 Å². The van der Waals surface area contributed by atoms with Crippen LogP contribution in [-0.2, 0) is 11.0 Å². The Morgan fingerprint density at radius 1 is 1.06 bits per heavy atom. The van der Waals surface area contributed by atoms with Crippen molar-refractivity contribution in [3.05, 3.63) is 94.0 Å². The minimum absolute atomic E-state index is 0.103. The van der Waals surface area contributed by atoms with Crippen molar-refractivity contribution < 1.29 is 22.4 Å². The van der Waals surface area contributed by atoms with Crippen LogP contribution < -0.4 is 10.9 Å². The number of para-hydroxylation sites is 2. The van der Waals surface area contributed by atoms with E-state index < -0.39 is 29.0 Å². The summed E-state index contributed by atoms with van der Waals surface area (Å²) < 4.78 is 55.0. The first-order valence-corrected chi connectivity index (χ1v) is 11.0. The number of halogens is 4. The molecule has 1 amide bonds. The molecule has 1 heterocycles. The van der Waals surface area contributed by atoms with Crippen LogP contribution in [0, 0.1) is 12.7 Å². The maximum atomic E-state index is 14.2. The number of aryl methyl sites for hydroxylation is 1. The van der Waals surface area contributed by atoms with E-state index >= 15 is 0 Å². The van der Waals surface area contributed by atoms with Crippen molar-refractivity contribution >= 4 is 34.3 Å². The lowest BCUT2D eigenvalue weighted by Gasteiger charge is -2.15. The molecule has 0 saturated carbocycles. The van der Waals surface area contributed by atoms with Gasteiger partial charge < -0.3 is 5.32 Å². The van der Waals surface area contributed by atoms with Gasteiger partial charge in [-0.1, -0.05) is 42.1 Å². The van der Waals surface area contributed by atoms with Crippen molar-refractivity contribution in [3.8, 4) is 5.69 Å². The lowest BCUT2D eigenvalue weighted by atomic mass is 10.1. The fraction of sp³-hybridized carbons (Fsp3) is 0.125. The Bertz CT molecular complexity index is 1450. The maximum Gasteiger partial charge on any atom is 0.418 e. The lowest BCUT2D eigenvalue weighted by molar-refractivity contribution is -0.137. The van der Waals surface area contributed by atoms with E-state index in [-0.39, 0.29) is 22.3 Å². The third kappa shape index (κ3) is 4.81. The zero-order chi connectivity index (χ0) is 24.5.